The monoisotopic (exact) mass is 664 g/mol. The SMILES string of the molecule is C=C[C@H]1[C@H](O[C@@H]2O[C@H](CO)[C@@H](O)[C@H](O[C@H]3O[C@H](O)[C@@H](O)[C@H](O)[C@H]3O)[C@H]2O)OC=C(C(=O)O)[C@H]1C[C@@H]1NCCc2c1[nH]c1ccccc21. The summed E-state index contributed by atoms with van der Waals surface area (Å²) in [6.45, 7) is 3.82. The molecule has 0 aliphatic carbocycles. The number of aliphatic carboxylic acids is 1. The summed E-state index contributed by atoms with van der Waals surface area (Å²) in [5, 5.41) is 86.7. The number of para-hydroxylation sites is 1. The molecule has 2 saturated heterocycles. The van der Waals surface area contributed by atoms with Crippen molar-refractivity contribution >= 4 is 16.9 Å². The van der Waals surface area contributed by atoms with Crippen LogP contribution >= 0.6 is 0 Å². The molecule has 16 nitrogen and oxygen atoms in total. The number of H-pyrrole nitrogens is 1. The summed E-state index contributed by atoms with van der Waals surface area (Å²) in [6, 6.07) is 7.67. The second-order valence-electron chi connectivity index (χ2n) is 12.2. The highest BCUT2D eigenvalue weighted by Gasteiger charge is 2.52. The predicted octanol–water partition coefficient (Wildman–Crippen LogP) is -1.91. The Kier molecular flexibility index (Phi) is 10.0. The fourth-order valence-corrected chi connectivity index (χ4v) is 6.88. The lowest BCUT2D eigenvalue weighted by Crippen LogP contribution is -2.65. The Hall–Kier alpha value is -2.97. The van der Waals surface area contributed by atoms with Crippen LogP contribution in [0.15, 0.2) is 48.8 Å². The molecule has 16 heteroatoms. The van der Waals surface area contributed by atoms with Gasteiger partial charge in [0, 0.05) is 34.5 Å². The maximum atomic E-state index is 12.4. The molecule has 258 valence electrons. The topological polar surface area (TPSA) is 253 Å². The van der Waals surface area contributed by atoms with Gasteiger partial charge in [-0.15, -0.1) is 6.58 Å². The molecule has 1 aromatic heterocycles. The third-order valence-electron chi connectivity index (χ3n) is 9.40. The molecule has 5 heterocycles. The fourth-order valence-electron chi connectivity index (χ4n) is 6.88. The van der Waals surface area contributed by atoms with E-state index < -0.39 is 92.3 Å². The van der Waals surface area contributed by atoms with Crippen molar-refractivity contribution < 1.29 is 69.3 Å². The van der Waals surface area contributed by atoms with Gasteiger partial charge in [0.25, 0.3) is 0 Å². The number of ether oxygens (including phenoxy) is 5. The summed E-state index contributed by atoms with van der Waals surface area (Å²) in [6.07, 6.45) is -15.2. The van der Waals surface area contributed by atoms with E-state index in [9.17, 15) is 45.6 Å². The molecule has 47 heavy (non-hydrogen) atoms. The number of aromatic nitrogens is 1. The quantitative estimate of drug-likeness (QED) is 0.131. The van der Waals surface area contributed by atoms with Crippen LogP contribution in [0.5, 0.6) is 0 Å². The van der Waals surface area contributed by atoms with Crippen molar-refractivity contribution in [3.05, 3.63) is 60.0 Å². The summed E-state index contributed by atoms with van der Waals surface area (Å²) in [5.41, 5.74) is 3.06. The van der Waals surface area contributed by atoms with Crippen LogP contribution in [-0.2, 0) is 34.9 Å². The maximum absolute atomic E-state index is 12.4. The number of rotatable bonds is 9. The zero-order valence-corrected chi connectivity index (χ0v) is 25.1. The fraction of sp³-hybridized carbons (Fsp3) is 0.581. The van der Waals surface area contributed by atoms with Crippen molar-refractivity contribution in [1.29, 1.82) is 0 Å². The molecule has 0 bridgehead atoms. The van der Waals surface area contributed by atoms with E-state index in [1.807, 2.05) is 24.3 Å². The molecular weight excluding hydrogens is 624 g/mol. The second-order valence-corrected chi connectivity index (χ2v) is 12.2. The van der Waals surface area contributed by atoms with Gasteiger partial charge in [0.2, 0.25) is 6.29 Å². The molecule has 4 aliphatic heterocycles. The van der Waals surface area contributed by atoms with E-state index >= 15 is 0 Å². The van der Waals surface area contributed by atoms with E-state index in [0.29, 0.717) is 13.0 Å². The predicted molar refractivity (Wildman–Crippen MR) is 158 cm³/mol. The lowest BCUT2D eigenvalue weighted by atomic mass is 9.78. The van der Waals surface area contributed by atoms with Crippen molar-refractivity contribution in [3.63, 3.8) is 0 Å². The number of carbonyl (C=O) groups is 1. The number of fused-ring (bicyclic) bond motifs is 3. The van der Waals surface area contributed by atoms with E-state index in [2.05, 4.69) is 16.9 Å². The molecule has 0 radical (unpaired) electrons. The number of carboxylic acids is 1. The number of aromatic amines is 1. The molecule has 0 amide bonds. The van der Waals surface area contributed by atoms with Gasteiger partial charge in [0.15, 0.2) is 18.9 Å². The third kappa shape index (κ3) is 6.32. The number of nitrogens with one attached hydrogen (secondary N) is 2. The van der Waals surface area contributed by atoms with Gasteiger partial charge in [-0.05, 0) is 31.0 Å². The van der Waals surface area contributed by atoms with Crippen molar-refractivity contribution in [3.8, 4) is 0 Å². The Labute approximate surface area is 268 Å². The molecule has 0 saturated carbocycles. The minimum atomic E-state index is -1.96. The Balaban J connectivity index is 1.23. The first kappa shape index (κ1) is 33.9. The highest BCUT2D eigenvalue weighted by atomic mass is 16.8. The minimum absolute atomic E-state index is 0.0162. The largest absolute Gasteiger partial charge is 0.478 e. The van der Waals surface area contributed by atoms with Crippen molar-refractivity contribution in [2.45, 2.75) is 86.8 Å². The summed E-state index contributed by atoms with van der Waals surface area (Å²) in [7, 11) is 0. The van der Waals surface area contributed by atoms with Gasteiger partial charge in [-0.2, -0.15) is 0 Å². The lowest BCUT2D eigenvalue weighted by Gasteiger charge is -2.46. The number of aliphatic hydroxyl groups is 7. The van der Waals surface area contributed by atoms with Gasteiger partial charge in [0.05, 0.1) is 18.4 Å². The van der Waals surface area contributed by atoms with E-state index in [-0.39, 0.29) is 11.6 Å². The standard InChI is InChI=1S/C31H40N2O14/c1-2-12-15(9-18-20-14(7-8-32-18)13-5-3-4-6-17(13)33-20)16(27(40)41)11-43-29(12)47-31-25(39)26(21(35)19(10-34)44-31)45-30-24(38)22(36)23(37)28(42)46-30/h2-6,11-12,15,18-19,21-26,28-39,42H,1,7-10H2,(H,40,41)/t12-,15+,18+,19-,21-,22+,23+,24-,25-,26+,28+,29+,30+,31+/m1/s1. The third-order valence-corrected chi connectivity index (χ3v) is 9.40. The molecule has 6 rings (SSSR count). The number of aliphatic hydroxyl groups excluding tert-OH is 7. The Bertz CT molecular complexity index is 1470. The number of carboxylic acid groups (broad SMARTS) is 1. The van der Waals surface area contributed by atoms with Crippen LogP contribution in [0.25, 0.3) is 10.9 Å². The molecule has 10 N–H and O–H groups in total. The van der Waals surface area contributed by atoms with Crippen LogP contribution in [0, 0.1) is 11.8 Å². The average molecular weight is 665 g/mol. The highest BCUT2D eigenvalue weighted by molar-refractivity contribution is 5.87. The first-order valence-electron chi connectivity index (χ1n) is 15.4. The van der Waals surface area contributed by atoms with E-state index in [1.165, 1.54) is 6.08 Å². The number of hydrogen-bond acceptors (Lipinski definition) is 14. The van der Waals surface area contributed by atoms with Gasteiger partial charge in [-0.1, -0.05) is 24.3 Å². The van der Waals surface area contributed by atoms with Crippen LogP contribution in [0.1, 0.15) is 23.7 Å². The molecule has 4 aliphatic rings. The summed E-state index contributed by atoms with van der Waals surface area (Å²) in [5.74, 6) is -2.67. The van der Waals surface area contributed by atoms with Gasteiger partial charge < -0.3 is 74.8 Å². The molecule has 2 aromatic rings. The molecule has 14 atom stereocenters. The van der Waals surface area contributed by atoms with Gasteiger partial charge in [0.1, 0.15) is 42.7 Å². The van der Waals surface area contributed by atoms with Crippen LogP contribution in [-0.4, -0.2) is 133 Å². The maximum Gasteiger partial charge on any atom is 0.334 e. The zero-order valence-electron chi connectivity index (χ0n) is 25.1. The molecular formula is C31H40N2O14. The van der Waals surface area contributed by atoms with Gasteiger partial charge >= 0.3 is 5.97 Å². The normalized spacial score (nSPS) is 40.7. The van der Waals surface area contributed by atoms with Crippen molar-refractivity contribution in [2.24, 2.45) is 11.8 Å². The Morgan fingerprint density at radius 1 is 0.957 bits per heavy atom. The Morgan fingerprint density at radius 3 is 2.43 bits per heavy atom. The van der Waals surface area contributed by atoms with Gasteiger partial charge in [-0.25, -0.2) is 4.79 Å². The first-order valence-corrected chi connectivity index (χ1v) is 15.4. The summed E-state index contributed by atoms with van der Waals surface area (Å²) >= 11 is 0. The van der Waals surface area contributed by atoms with Crippen LogP contribution < -0.4 is 5.32 Å². The van der Waals surface area contributed by atoms with Crippen LogP contribution in [0.4, 0.5) is 0 Å². The van der Waals surface area contributed by atoms with E-state index in [0.717, 1.165) is 34.8 Å². The van der Waals surface area contributed by atoms with E-state index in [4.69, 9.17) is 23.7 Å². The van der Waals surface area contributed by atoms with Crippen LogP contribution in [0.2, 0.25) is 0 Å². The van der Waals surface area contributed by atoms with Crippen molar-refractivity contribution in [2.75, 3.05) is 13.2 Å². The molecule has 1 aromatic carbocycles. The number of benzene rings is 1. The minimum Gasteiger partial charge on any atom is -0.478 e. The van der Waals surface area contributed by atoms with Crippen molar-refractivity contribution in [1.82, 2.24) is 10.3 Å². The number of hydrogen-bond donors (Lipinski definition) is 10. The highest BCUT2D eigenvalue weighted by Crippen LogP contribution is 2.42. The molecule has 2 fully saturated rings. The molecule has 0 unspecified atom stereocenters. The zero-order chi connectivity index (χ0) is 33.6. The Morgan fingerprint density at radius 2 is 1.70 bits per heavy atom. The smallest absolute Gasteiger partial charge is 0.334 e. The van der Waals surface area contributed by atoms with Crippen LogP contribution in [0.3, 0.4) is 0 Å². The lowest BCUT2D eigenvalue weighted by molar-refractivity contribution is -0.387. The summed E-state index contributed by atoms with van der Waals surface area (Å²) < 4.78 is 27.9. The van der Waals surface area contributed by atoms with E-state index in [1.54, 1.807) is 0 Å². The average Bonchev–Trinajstić information content (AvgIpc) is 3.45. The summed E-state index contributed by atoms with van der Waals surface area (Å²) in [4.78, 5) is 15.8. The van der Waals surface area contributed by atoms with Gasteiger partial charge in [-0.3, -0.25) is 0 Å². The molecule has 0 spiro atoms. The first-order chi connectivity index (χ1) is 22.5. The second kappa shape index (κ2) is 13.9.